The Balaban J connectivity index is 2.46. The molecule has 0 heterocycles. The number of hydrogen-bond acceptors (Lipinski definition) is 4. The van der Waals surface area contributed by atoms with Gasteiger partial charge >= 0.3 is 0 Å². The minimum atomic E-state index is 0.114. The summed E-state index contributed by atoms with van der Waals surface area (Å²) in [5.74, 6) is 0. The maximum Gasteiger partial charge on any atom is 0.133 e. The number of anilines is 1. The number of nitriles is 2. The number of rotatable bonds is 4. The largest absolute Gasteiger partial charge is 0.395 e. The molecule has 0 spiro atoms. The highest BCUT2D eigenvalue weighted by Gasteiger charge is 2.06. The number of likely N-dealkylation sites (N-methyl/N-ethyl adjacent to an activating group) is 1. The van der Waals surface area contributed by atoms with Gasteiger partial charge in [0.1, 0.15) is 17.7 Å². The van der Waals surface area contributed by atoms with Crippen molar-refractivity contribution in [3.63, 3.8) is 0 Å². The number of fused-ring (bicyclic) bond motifs is 1. The van der Waals surface area contributed by atoms with E-state index >= 15 is 0 Å². The molecular weight excluding hydrogens is 275 g/mol. The minimum absolute atomic E-state index is 0.114. The Hall–Kier alpha value is -2.82. The summed E-state index contributed by atoms with van der Waals surface area (Å²) in [4.78, 5) is 1.99. The van der Waals surface area contributed by atoms with Crippen molar-refractivity contribution in [2.75, 3.05) is 25.1 Å². The lowest BCUT2D eigenvalue weighted by molar-refractivity contribution is 0.304. The van der Waals surface area contributed by atoms with Gasteiger partial charge < -0.3 is 10.0 Å². The van der Waals surface area contributed by atoms with E-state index in [1.807, 2.05) is 54.4 Å². The second-order valence-electron chi connectivity index (χ2n) is 5.12. The van der Waals surface area contributed by atoms with Crippen LogP contribution < -0.4 is 4.90 Å². The van der Waals surface area contributed by atoms with Crippen LogP contribution in [-0.4, -0.2) is 25.3 Å². The first-order chi connectivity index (χ1) is 10.6. The molecule has 2 aromatic rings. The number of aliphatic hydroxyl groups excluding tert-OH is 1. The highest BCUT2D eigenvalue weighted by Crippen LogP contribution is 2.26. The monoisotopic (exact) mass is 292 g/mol. The molecule has 0 aliphatic heterocycles. The molecule has 0 aliphatic rings. The van der Waals surface area contributed by atoms with E-state index in [0.29, 0.717) is 12.1 Å². The molecular formula is C18H17N3O. The molecule has 4 heteroatoms. The molecule has 0 atom stereocenters. The fourth-order valence-electron chi connectivity index (χ4n) is 2.32. The average molecular weight is 292 g/mol. The van der Waals surface area contributed by atoms with Gasteiger partial charge in [-0.3, -0.25) is 0 Å². The molecule has 0 bridgehead atoms. The summed E-state index contributed by atoms with van der Waals surface area (Å²) in [5, 5.41) is 29.1. The normalized spacial score (nSPS) is 11.5. The first-order valence-electron chi connectivity index (χ1n) is 6.98. The molecule has 0 fully saturated rings. The molecule has 0 aromatic heterocycles. The molecule has 110 valence electrons. The van der Waals surface area contributed by atoms with Crippen LogP contribution in [0.2, 0.25) is 0 Å². The fraction of sp³-hybridized carbons (Fsp3) is 0.222. The Morgan fingerprint density at radius 3 is 2.36 bits per heavy atom. The summed E-state index contributed by atoms with van der Waals surface area (Å²) < 4.78 is 0. The predicted octanol–water partition coefficient (Wildman–Crippen LogP) is 3.09. The Labute approximate surface area is 130 Å². The van der Waals surface area contributed by atoms with Crippen molar-refractivity contribution in [3.8, 4) is 12.1 Å². The van der Waals surface area contributed by atoms with E-state index in [0.717, 1.165) is 22.0 Å². The van der Waals surface area contributed by atoms with Crippen LogP contribution in [-0.2, 0) is 0 Å². The van der Waals surface area contributed by atoms with E-state index in [9.17, 15) is 0 Å². The van der Waals surface area contributed by atoms with Crippen molar-refractivity contribution < 1.29 is 5.11 Å². The van der Waals surface area contributed by atoms with Gasteiger partial charge in [0.2, 0.25) is 0 Å². The zero-order valence-electron chi connectivity index (χ0n) is 12.7. The third kappa shape index (κ3) is 3.09. The van der Waals surface area contributed by atoms with Crippen molar-refractivity contribution in [2.24, 2.45) is 0 Å². The second kappa shape index (κ2) is 6.76. The molecule has 2 aromatic carbocycles. The summed E-state index contributed by atoms with van der Waals surface area (Å²) in [7, 11) is 1.94. The van der Waals surface area contributed by atoms with Crippen LogP contribution in [0.1, 0.15) is 12.5 Å². The Bertz CT molecular complexity index is 793. The summed E-state index contributed by atoms with van der Waals surface area (Å²) >= 11 is 0. The van der Waals surface area contributed by atoms with Gasteiger partial charge in [0, 0.05) is 19.3 Å². The van der Waals surface area contributed by atoms with Crippen molar-refractivity contribution in [3.05, 3.63) is 47.5 Å². The molecule has 0 amide bonds. The zero-order chi connectivity index (χ0) is 16.1. The van der Waals surface area contributed by atoms with E-state index in [1.54, 1.807) is 6.92 Å². The maximum absolute atomic E-state index is 9.01. The van der Waals surface area contributed by atoms with Crippen LogP contribution in [0, 0.1) is 22.7 Å². The van der Waals surface area contributed by atoms with E-state index < -0.39 is 0 Å². The van der Waals surface area contributed by atoms with E-state index in [-0.39, 0.29) is 12.2 Å². The number of hydrogen-bond donors (Lipinski definition) is 1. The van der Waals surface area contributed by atoms with Gasteiger partial charge in [0.25, 0.3) is 0 Å². The lowest BCUT2D eigenvalue weighted by Crippen LogP contribution is -2.20. The number of aliphatic hydroxyl groups is 1. The SMILES string of the molecule is C/C(=C(/C#N)[13C]#N)c1ccc2cc(N(C)CCO)ccc2c1. The molecule has 0 saturated heterocycles. The lowest BCUT2D eigenvalue weighted by Gasteiger charge is -2.18. The van der Waals surface area contributed by atoms with E-state index in [2.05, 4.69) is 6.07 Å². The quantitative estimate of drug-likeness (QED) is 0.694. The minimum Gasteiger partial charge on any atom is -0.395 e. The topological polar surface area (TPSA) is 71.0 Å². The van der Waals surface area contributed by atoms with Gasteiger partial charge in [-0.05, 0) is 47.0 Å². The van der Waals surface area contributed by atoms with Crippen LogP contribution in [0.3, 0.4) is 0 Å². The highest BCUT2D eigenvalue weighted by molar-refractivity contribution is 5.89. The van der Waals surface area contributed by atoms with Crippen molar-refractivity contribution >= 4 is 22.0 Å². The molecule has 2 rings (SSSR count). The summed E-state index contributed by atoms with van der Waals surface area (Å²) in [6.45, 7) is 2.48. The Morgan fingerprint density at radius 2 is 1.73 bits per heavy atom. The maximum atomic E-state index is 9.01. The Morgan fingerprint density at radius 1 is 1.09 bits per heavy atom. The molecule has 0 radical (unpaired) electrons. The average Bonchev–Trinajstić information content (AvgIpc) is 2.55. The van der Waals surface area contributed by atoms with Crippen LogP contribution in [0.25, 0.3) is 16.3 Å². The van der Waals surface area contributed by atoms with Gasteiger partial charge in [-0.15, -0.1) is 0 Å². The van der Waals surface area contributed by atoms with Gasteiger partial charge in [-0.1, -0.05) is 18.2 Å². The summed E-state index contributed by atoms with van der Waals surface area (Å²) in [6, 6.07) is 15.8. The first kappa shape index (κ1) is 15.6. The predicted molar refractivity (Wildman–Crippen MR) is 88.1 cm³/mol. The summed E-state index contributed by atoms with van der Waals surface area (Å²) in [5.41, 5.74) is 2.74. The Kier molecular flexibility index (Phi) is 4.78. The van der Waals surface area contributed by atoms with Crippen LogP contribution >= 0.6 is 0 Å². The molecule has 0 saturated carbocycles. The van der Waals surface area contributed by atoms with Crippen molar-refractivity contribution in [1.82, 2.24) is 0 Å². The zero-order valence-corrected chi connectivity index (χ0v) is 12.7. The third-order valence-corrected chi connectivity index (χ3v) is 3.73. The van der Waals surface area contributed by atoms with Gasteiger partial charge in [0.15, 0.2) is 0 Å². The number of nitrogens with zero attached hydrogens (tertiary/aromatic N) is 3. The molecule has 4 nitrogen and oxygen atoms in total. The molecule has 0 unspecified atom stereocenters. The van der Waals surface area contributed by atoms with Gasteiger partial charge in [-0.25, -0.2) is 0 Å². The molecule has 22 heavy (non-hydrogen) atoms. The number of benzene rings is 2. The lowest BCUT2D eigenvalue weighted by atomic mass is 10.00. The molecule has 1 N–H and O–H groups in total. The van der Waals surface area contributed by atoms with Crippen molar-refractivity contribution in [2.45, 2.75) is 6.92 Å². The van der Waals surface area contributed by atoms with Gasteiger partial charge in [0.05, 0.1) is 6.61 Å². The fourth-order valence-corrected chi connectivity index (χ4v) is 2.32. The van der Waals surface area contributed by atoms with Crippen LogP contribution in [0.4, 0.5) is 5.69 Å². The summed E-state index contributed by atoms with van der Waals surface area (Å²) in [6.07, 6.45) is 0. The van der Waals surface area contributed by atoms with Gasteiger partial charge in [-0.2, -0.15) is 10.5 Å². The number of allylic oxidation sites excluding steroid dienone is 2. The van der Waals surface area contributed by atoms with E-state index in [1.165, 1.54) is 0 Å². The van der Waals surface area contributed by atoms with Crippen LogP contribution in [0.15, 0.2) is 42.0 Å². The van der Waals surface area contributed by atoms with Crippen molar-refractivity contribution in [1.29, 1.82) is 10.5 Å². The van der Waals surface area contributed by atoms with E-state index in [4.69, 9.17) is 15.6 Å². The smallest absolute Gasteiger partial charge is 0.133 e. The highest BCUT2D eigenvalue weighted by atomic mass is 16.3. The first-order valence-corrected chi connectivity index (χ1v) is 6.98. The van der Waals surface area contributed by atoms with Crippen LogP contribution in [0.5, 0.6) is 0 Å². The standard InChI is InChI=1S/C18H17N3O/c1-13(17(11-19)12-20)14-3-4-16-10-18(21(2)7-8-22)6-5-15(16)9-14/h3-6,9-10,22H,7-8H2,1-2H3/i11+1/b17-13-. The second-order valence-corrected chi connectivity index (χ2v) is 5.12. The molecule has 0 aliphatic carbocycles. The third-order valence-electron chi connectivity index (χ3n) is 3.73.